The minimum atomic E-state index is -0.185. The Morgan fingerprint density at radius 2 is 1.56 bits per heavy atom. The molecule has 2 N–H and O–H groups in total. The molecule has 1 aromatic heterocycles. The Kier molecular flexibility index (Phi) is 4.70. The zero-order chi connectivity index (χ0) is 19.1. The van der Waals surface area contributed by atoms with E-state index < -0.39 is 0 Å². The van der Waals surface area contributed by atoms with E-state index in [9.17, 15) is 9.59 Å². The molecule has 0 radical (unpaired) electrons. The summed E-state index contributed by atoms with van der Waals surface area (Å²) in [5.41, 5.74) is 6.01. The molecule has 2 aromatic rings. The third kappa shape index (κ3) is 3.87. The number of nitrogens with two attached hydrogens (primary N) is 1. The van der Waals surface area contributed by atoms with Gasteiger partial charge in [0, 0.05) is 36.2 Å². The van der Waals surface area contributed by atoms with Gasteiger partial charge in [-0.15, -0.1) is 0 Å². The highest BCUT2D eigenvalue weighted by atomic mass is 35.5. The molecule has 0 saturated heterocycles. The second-order valence-corrected chi connectivity index (χ2v) is 7.63. The first-order valence-electron chi connectivity index (χ1n) is 8.70. The molecule has 2 aliphatic carbocycles. The van der Waals surface area contributed by atoms with Crippen molar-refractivity contribution < 1.29 is 14.3 Å². The number of nitrogen functional groups attached to an aromatic ring is 1. The van der Waals surface area contributed by atoms with E-state index in [4.69, 9.17) is 33.7 Å². The standard InChI is InChI=1S/C19H17Cl2N3O3/c20-14-7-13(8-15(21)17(14)22)27-12-5-6-23-16(9-12)24(18(25)10-1-2-10)19(26)11-3-4-11/h5-11H,1-4,22H2. The molecule has 1 heterocycles. The van der Waals surface area contributed by atoms with Gasteiger partial charge < -0.3 is 10.5 Å². The number of hydrogen-bond acceptors (Lipinski definition) is 5. The molecule has 0 unspecified atom stereocenters. The minimum Gasteiger partial charge on any atom is -0.457 e. The first-order valence-corrected chi connectivity index (χ1v) is 9.46. The summed E-state index contributed by atoms with van der Waals surface area (Å²) >= 11 is 12.1. The maximum atomic E-state index is 12.7. The molecule has 4 rings (SSSR count). The Morgan fingerprint density at radius 3 is 2.07 bits per heavy atom. The quantitative estimate of drug-likeness (QED) is 0.586. The van der Waals surface area contributed by atoms with Crippen LogP contribution in [-0.2, 0) is 9.59 Å². The van der Waals surface area contributed by atoms with E-state index in [1.165, 1.54) is 11.1 Å². The Labute approximate surface area is 166 Å². The van der Waals surface area contributed by atoms with Crippen molar-refractivity contribution in [3.05, 3.63) is 40.5 Å². The molecule has 6 nitrogen and oxygen atoms in total. The van der Waals surface area contributed by atoms with Crippen molar-refractivity contribution in [3.63, 3.8) is 0 Å². The van der Waals surface area contributed by atoms with Crippen LogP contribution in [-0.4, -0.2) is 16.8 Å². The molecule has 1 aromatic carbocycles. The Hall–Kier alpha value is -2.31. The van der Waals surface area contributed by atoms with Crippen molar-refractivity contribution in [2.75, 3.05) is 10.6 Å². The first kappa shape index (κ1) is 18.1. The number of benzene rings is 1. The molecule has 27 heavy (non-hydrogen) atoms. The Balaban J connectivity index is 1.62. The lowest BCUT2D eigenvalue weighted by Crippen LogP contribution is -2.39. The summed E-state index contributed by atoms with van der Waals surface area (Å²) in [5, 5.41) is 0.558. The highest BCUT2D eigenvalue weighted by Crippen LogP contribution is 2.38. The third-order valence-electron chi connectivity index (χ3n) is 4.53. The zero-order valence-electron chi connectivity index (χ0n) is 14.3. The van der Waals surface area contributed by atoms with E-state index in [0.29, 0.717) is 11.5 Å². The van der Waals surface area contributed by atoms with Gasteiger partial charge in [-0.2, -0.15) is 0 Å². The molecule has 140 valence electrons. The number of anilines is 2. The van der Waals surface area contributed by atoms with Crippen LogP contribution in [0.1, 0.15) is 25.7 Å². The van der Waals surface area contributed by atoms with Crippen molar-refractivity contribution >= 4 is 46.5 Å². The van der Waals surface area contributed by atoms with Crippen molar-refractivity contribution in [3.8, 4) is 11.5 Å². The van der Waals surface area contributed by atoms with Gasteiger partial charge in [0.05, 0.1) is 15.7 Å². The number of pyridine rings is 1. The van der Waals surface area contributed by atoms with Crippen molar-refractivity contribution in [2.45, 2.75) is 25.7 Å². The molecule has 2 aliphatic rings. The first-order chi connectivity index (χ1) is 12.9. The number of amides is 2. The van der Waals surface area contributed by atoms with Gasteiger partial charge in [0.1, 0.15) is 17.3 Å². The lowest BCUT2D eigenvalue weighted by atomic mass is 10.2. The molecular formula is C19H17Cl2N3O3. The number of aromatic nitrogens is 1. The normalized spacial score (nSPS) is 16.1. The third-order valence-corrected chi connectivity index (χ3v) is 5.15. The number of carbonyl (C=O) groups is 2. The van der Waals surface area contributed by atoms with E-state index >= 15 is 0 Å². The Morgan fingerprint density at radius 1 is 1.00 bits per heavy atom. The number of imide groups is 1. The summed E-state index contributed by atoms with van der Waals surface area (Å²) in [6, 6.07) is 6.29. The van der Waals surface area contributed by atoms with Crippen LogP contribution >= 0.6 is 23.2 Å². The molecule has 2 saturated carbocycles. The average molecular weight is 406 g/mol. The molecule has 0 atom stereocenters. The highest BCUT2D eigenvalue weighted by Gasteiger charge is 2.42. The van der Waals surface area contributed by atoms with Gasteiger partial charge in [-0.1, -0.05) is 23.2 Å². The topological polar surface area (TPSA) is 85.5 Å². The summed E-state index contributed by atoms with van der Waals surface area (Å²) in [6.07, 6.45) is 4.74. The van der Waals surface area contributed by atoms with Gasteiger partial charge in [0.25, 0.3) is 0 Å². The lowest BCUT2D eigenvalue weighted by molar-refractivity contribution is -0.127. The number of halogens is 2. The fourth-order valence-corrected chi connectivity index (χ4v) is 3.17. The summed E-state index contributed by atoms with van der Waals surface area (Å²) in [6.45, 7) is 0. The van der Waals surface area contributed by atoms with Gasteiger partial charge >= 0.3 is 0 Å². The van der Waals surface area contributed by atoms with Crippen molar-refractivity contribution in [2.24, 2.45) is 11.8 Å². The summed E-state index contributed by atoms with van der Waals surface area (Å²) in [7, 11) is 0. The van der Waals surface area contributed by atoms with Crippen LogP contribution < -0.4 is 15.4 Å². The summed E-state index contributed by atoms with van der Waals surface area (Å²) in [5.74, 6) is 0.529. The predicted octanol–water partition coefficient (Wildman–Crippen LogP) is 4.44. The fourth-order valence-electron chi connectivity index (χ4n) is 2.70. The van der Waals surface area contributed by atoms with Crippen LogP contribution in [0.4, 0.5) is 11.5 Å². The second kappa shape index (κ2) is 7.02. The number of nitrogens with zero attached hydrogens (tertiary/aromatic N) is 2. The molecule has 8 heteroatoms. The molecular weight excluding hydrogens is 389 g/mol. The minimum absolute atomic E-state index is 0.0891. The lowest BCUT2D eigenvalue weighted by Gasteiger charge is -2.20. The maximum Gasteiger partial charge on any atom is 0.238 e. The van der Waals surface area contributed by atoms with E-state index in [2.05, 4.69) is 4.98 Å². The van der Waals surface area contributed by atoms with Gasteiger partial charge in [0.15, 0.2) is 0 Å². The molecule has 0 bridgehead atoms. The number of ether oxygens (including phenoxy) is 1. The van der Waals surface area contributed by atoms with E-state index in [1.54, 1.807) is 24.3 Å². The van der Waals surface area contributed by atoms with Crippen LogP contribution in [0.2, 0.25) is 10.0 Å². The van der Waals surface area contributed by atoms with Crippen LogP contribution in [0.3, 0.4) is 0 Å². The number of hydrogen-bond donors (Lipinski definition) is 1. The van der Waals surface area contributed by atoms with E-state index in [1.807, 2.05) is 0 Å². The largest absolute Gasteiger partial charge is 0.457 e. The average Bonchev–Trinajstić information content (AvgIpc) is 3.52. The van der Waals surface area contributed by atoms with Gasteiger partial charge in [0.2, 0.25) is 11.8 Å². The zero-order valence-corrected chi connectivity index (χ0v) is 15.8. The van der Waals surface area contributed by atoms with Crippen LogP contribution in [0.25, 0.3) is 0 Å². The number of carbonyl (C=O) groups excluding carboxylic acids is 2. The predicted molar refractivity (Wildman–Crippen MR) is 103 cm³/mol. The van der Waals surface area contributed by atoms with Crippen molar-refractivity contribution in [1.82, 2.24) is 4.98 Å². The molecule has 2 amide bonds. The molecule has 0 aliphatic heterocycles. The fraction of sp³-hybridized carbons (Fsp3) is 0.316. The monoisotopic (exact) mass is 405 g/mol. The smallest absolute Gasteiger partial charge is 0.238 e. The van der Waals surface area contributed by atoms with Crippen LogP contribution in [0.15, 0.2) is 30.5 Å². The van der Waals surface area contributed by atoms with E-state index in [-0.39, 0.29) is 45.2 Å². The van der Waals surface area contributed by atoms with Crippen molar-refractivity contribution in [1.29, 1.82) is 0 Å². The van der Waals surface area contributed by atoms with Gasteiger partial charge in [-0.25, -0.2) is 9.88 Å². The van der Waals surface area contributed by atoms with Crippen LogP contribution in [0, 0.1) is 11.8 Å². The summed E-state index contributed by atoms with van der Waals surface area (Å²) in [4.78, 5) is 30.7. The van der Waals surface area contributed by atoms with Gasteiger partial charge in [-0.3, -0.25) is 9.59 Å². The van der Waals surface area contributed by atoms with E-state index in [0.717, 1.165) is 25.7 Å². The molecule has 2 fully saturated rings. The van der Waals surface area contributed by atoms with Gasteiger partial charge in [-0.05, 0) is 31.7 Å². The second-order valence-electron chi connectivity index (χ2n) is 6.81. The highest BCUT2D eigenvalue weighted by molar-refractivity contribution is 6.39. The van der Waals surface area contributed by atoms with Crippen LogP contribution in [0.5, 0.6) is 11.5 Å². The Bertz CT molecular complexity index is 879. The molecule has 0 spiro atoms. The SMILES string of the molecule is Nc1c(Cl)cc(Oc2ccnc(N(C(=O)C3CC3)C(=O)C3CC3)c2)cc1Cl. The summed E-state index contributed by atoms with van der Waals surface area (Å²) < 4.78 is 5.78. The number of rotatable bonds is 5. The maximum absolute atomic E-state index is 12.7.